The van der Waals surface area contributed by atoms with Gasteiger partial charge in [0.1, 0.15) is 0 Å². The molecule has 0 aliphatic rings. The summed E-state index contributed by atoms with van der Waals surface area (Å²) >= 11 is 1.49. The molecule has 0 spiro atoms. The van der Waals surface area contributed by atoms with Crippen LogP contribution in [-0.2, 0) is 0 Å². The first-order chi connectivity index (χ1) is 9.11. The molecule has 0 saturated carbocycles. The van der Waals surface area contributed by atoms with E-state index < -0.39 is 0 Å². The van der Waals surface area contributed by atoms with Crippen molar-refractivity contribution in [3.05, 3.63) is 24.9 Å². The smallest absolute Gasteiger partial charge is 0.0859 e. The molecule has 0 fully saturated rings. The van der Waals surface area contributed by atoms with Crippen molar-refractivity contribution in [2.45, 2.75) is 64.3 Å². The second kappa shape index (κ2) is 12.3. The van der Waals surface area contributed by atoms with E-state index in [1.165, 1.54) is 50.3 Å². The van der Waals surface area contributed by atoms with E-state index in [2.05, 4.69) is 18.5 Å². The van der Waals surface area contributed by atoms with Crippen molar-refractivity contribution < 1.29 is 0 Å². The highest BCUT2D eigenvalue weighted by Crippen LogP contribution is 2.11. The van der Waals surface area contributed by atoms with Crippen molar-refractivity contribution in [3.63, 3.8) is 0 Å². The van der Waals surface area contributed by atoms with Gasteiger partial charge in [0.25, 0.3) is 0 Å². The van der Waals surface area contributed by atoms with Crippen molar-refractivity contribution in [3.8, 4) is 0 Å². The first-order valence-electron chi connectivity index (χ1n) is 7.29. The van der Waals surface area contributed by atoms with E-state index in [1.54, 1.807) is 0 Å². The van der Waals surface area contributed by atoms with Gasteiger partial charge in [-0.2, -0.15) is 0 Å². The Morgan fingerprint density at radius 1 is 1.21 bits per heavy atom. The molecule has 0 bridgehead atoms. The topological polar surface area (TPSA) is 35.9 Å². The number of hydrogen-bond donors (Lipinski definition) is 2. The molecule has 110 valence electrons. The van der Waals surface area contributed by atoms with Gasteiger partial charge < -0.3 is 5.32 Å². The molecule has 0 amide bonds. The van der Waals surface area contributed by atoms with Gasteiger partial charge >= 0.3 is 0 Å². The van der Waals surface area contributed by atoms with E-state index in [9.17, 15) is 0 Å². The lowest BCUT2D eigenvalue weighted by Gasteiger charge is -2.16. The largest absolute Gasteiger partial charge is 0.380 e. The van der Waals surface area contributed by atoms with Crippen molar-refractivity contribution in [2.24, 2.45) is 0 Å². The Bertz CT molecular complexity index is 274. The van der Waals surface area contributed by atoms with E-state index in [-0.39, 0.29) is 6.04 Å². The van der Waals surface area contributed by atoms with Crippen LogP contribution in [0.2, 0.25) is 0 Å². The molecule has 0 aromatic heterocycles. The number of rotatable bonds is 12. The third-order valence-electron chi connectivity index (χ3n) is 3.17. The van der Waals surface area contributed by atoms with Gasteiger partial charge in [-0.1, -0.05) is 38.3 Å². The van der Waals surface area contributed by atoms with E-state index in [4.69, 9.17) is 5.41 Å². The first kappa shape index (κ1) is 18.3. The molecule has 0 aromatic carbocycles. The molecule has 0 heterocycles. The van der Waals surface area contributed by atoms with Gasteiger partial charge in [0, 0.05) is 5.70 Å². The predicted molar refractivity (Wildman–Crippen MR) is 90.1 cm³/mol. The van der Waals surface area contributed by atoms with Gasteiger partial charge in [-0.25, -0.2) is 0 Å². The molecule has 2 nitrogen and oxygen atoms in total. The maximum Gasteiger partial charge on any atom is 0.0859 e. The molecule has 19 heavy (non-hydrogen) atoms. The summed E-state index contributed by atoms with van der Waals surface area (Å²) in [7, 11) is 0. The minimum Gasteiger partial charge on any atom is -0.380 e. The van der Waals surface area contributed by atoms with Gasteiger partial charge in [0.05, 0.1) is 11.1 Å². The third kappa shape index (κ3) is 10.9. The number of hydrogen-bond acceptors (Lipinski definition) is 3. The minimum absolute atomic E-state index is 0.0985. The van der Waals surface area contributed by atoms with E-state index in [0.29, 0.717) is 5.04 Å². The molecular formula is C16H30N2S. The Labute approximate surface area is 123 Å². The fraction of sp³-hybridized carbons (Fsp3) is 0.688. The van der Waals surface area contributed by atoms with Crippen molar-refractivity contribution in [2.75, 3.05) is 6.26 Å². The summed E-state index contributed by atoms with van der Waals surface area (Å²) in [5.74, 6) is 0. The standard InChI is InChI=1S/C16H30N2S/c1-5-6-7-8-9-10-11-12-13-14(2)18-15(3)16(17)19-4/h5,15,17-18H,1-2,6-13H2,3-4H3. The molecule has 0 aromatic rings. The summed E-state index contributed by atoms with van der Waals surface area (Å²) in [4.78, 5) is 0. The number of allylic oxidation sites excluding steroid dienone is 2. The summed E-state index contributed by atoms with van der Waals surface area (Å²) in [5, 5.41) is 11.7. The minimum atomic E-state index is 0.0985. The second-order valence-electron chi connectivity index (χ2n) is 4.99. The zero-order valence-corrected chi connectivity index (χ0v) is 13.5. The maximum atomic E-state index is 7.71. The van der Waals surface area contributed by atoms with E-state index in [1.807, 2.05) is 19.3 Å². The van der Waals surface area contributed by atoms with E-state index >= 15 is 0 Å². The Balaban J connectivity index is 3.43. The van der Waals surface area contributed by atoms with Gasteiger partial charge in [0.15, 0.2) is 0 Å². The molecule has 0 saturated heterocycles. The lowest BCUT2D eigenvalue weighted by atomic mass is 10.1. The van der Waals surface area contributed by atoms with Crippen molar-refractivity contribution >= 4 is 16.8 Å². The summed E-state index contributed by atoms with van der Waals surface area (Å²) in [6.07, 6.45) is 13.9. The molecule has 0 aliphatic heterocycles. The molecule has 1 atom stereocenters. The van der Waals surface area contributed by atoms with Crippen LogP contribution in [0.1, 0.15) is 58.3 Å². The maximum absolute atomic E-state index is 7.71. The third-order valence-corrected chi connectivity index (χ3v) is 3.96. The van der Waals surface area contributed by atoms with Crippen molar-refractivity contribution in [1.82, 2.24) is 5.32 Å². The lowest BCUT2D eigenvalue weighted by molar-refractivity contribution is 0.585. The Morgan fingerprint density at radius 3 is 2.37 bits per heavy atom. The van der Waals surface area contributed by atoms with Gasteiger partial charge in [-0.05, 0) is 38.9 Å². The molecule has 3 heteroatoms. The zero-order valence-electron chi connectivity index (χ0n) is 12.6. The highest BCUT2D eigenvalue weighted by atomic mass is 32.2. The lowest BCUT2D eigenvalue weighted by Crippen LogP contribution is -2.30. The molecule has 0 rings (SSSR count). The van der Waals surface area contributed by atoms with Crippen LogP contribution in [0, 0.1) is 5.41 Å². The quantitative estimate of drug-likeness (QED) is 0.225. The number of nitrogens with one attached hydrogen (secondary N) is 2. The van der Waals surface area contributed by atoms with Crippen LogP contribution in [0.4, 0.5) is 0 Å². The van der Waals surface area contributed by atoms with Crippen LogP contribution in [-0.4, -0.2) is 17.3 Å². The molecular weight excluding hydrogens is 252 g/mol. The number of thioether (sulfide) groups is 1. The number of unbranched alkanes of at least 4 members (excludes halogenated alkanes) is 6. The van der Waals surface area contributed by atoms with Crippen LogP contribution >= 0.6 is 11.8 Å². The summed E-state index contributed by atoms with van der Waals surface area (Å²) in [5.41, 5.74) is 1.07. The summed E-state index contributed by atoms with van der Waals surface area (Å²) in [6.45, 7) is 9.80. The predicted octanol–water partition coefficient (Wildman–Crippen LogP) is 5.13. The fourth-order valence-electron chi connectivity index (χ4n) is 1.95. The SMILES string of the molecule is C=CCCCCCCCCC(=C)NC(C)C(=N)SC. The van der Waals surface area contributed by atoms with Gasteiger partial charge in [-0.3, -0.25) is 5.41 Å². The molecule has 1 unspecified atom stereocenters. The van der Waals surface area contributed by atoms with Crippen LogP contribution in [0.5, 0.6) is 0 Å². The normalized spacial score (nSPS) is 11.9. The van der Waals surface area contributed by atoms with Crippen LogP contribution in [0.3, 0.4) is 0 Å². The monoisotopic (exact) mass is 282 g/mol. The second-order valence-corrected chi connectivity index (χ2v) is 5.83. The Hall–Kier alpha value is -0.700. The molecule has 0 aliphatic carbocycles. The van der Waals surface area contributed by atoms with Crippen molar-refractivity contribution in [1.29, 1.82) is 5.41 Å². The van der Waals surface area contributed by atoms with Crippen LogP contribution in [0.15, 0.2) is 24.9 Å². The average molecular weight is 282 g/mol. The van der Waals surface area contributed by atoms with Gasteiger partial charge in [0.2, 0.25) is 0 Å². The van der Waals surface area contributed by atoms with E-state index in [0.717, 1.165) is 18.5 Å². The first-order valence-corrected chi connectivity index (χ1v) is 8.52. The Kier molecular flexibility index (Phi) is 11.9. The summed E-state index contributed by atoms with van der Waals surface area (Å²) < 4.78 is 0. The Morgan fingerprint density at radius 2 is 1.79 bits per heavy atom. The van der Waals surface area contributed by atoms with Crippen LogP contribution in [0.25, 0.3) is 0 Å². The highest BCUT2D eigenvalue weighted by molar-refractivity contribution is 8.13. The van der Waals surface area contributed by atoms with Gasteiger partial charge in [-0.15, -0.1) is 18.3 Å². The fourth-order valence-corrected chi connectivity index (χ4v) is 2.37. The highest BCUT2D eigenvalue weighted by Gasteiger charge is 2.07. The molecule has 2 N–H and O–H groups in total. The molecule has 0 radical (unpaired) electrons. The summed E-state index contributed by atoms with van der Waals surface area (Å²) in [6, 6.07) is 0.0985. The van der Waals surface area contributed by atoms with Crippen LogP contribution < -0.4 is 5.32 Å². The zero-order chi connectivity index (χ0) is 14.5. The average Bonchev–Trinajstić information content (AvgIpc) is 2.40.